The maximum absolute atomic E-state index is 13.4. The lowest BCUT2D eigenvalue weighted by molar-refractivity contribution is 0.212. The number of rotatable bonds is 4. The Morgan fingerprint density at radius 3 is 1.93 bits per heavy atom. The van der Waals surface area contributed by atoms with Gasteiger partial charge in [-0.2, -0.15) is 5.10 Å². The Morgan fingerprint density at radius 2 is 1.41 bits per heavy atom. The first-order valence-corrected chi connectivity index (χ1v) is 9.64. The molecule has 2 aromatic carbocycles. The highest BCUT2D eigenvalue weighted by Crippen LogP contribution is 2.31. The molecule has 0 atom stereocenters. The van der Waals surface area contributed by atoms with Crippen LogP contribution in [0.4, 0.5) is 14.5 Å². The van der Waals surface area contributed by atoms with Crippen LogP contribution in [0.25, 0.3) is 0 Å². The SMILES string of the molecule is O=c1[nH]ncc(N2CCN(C(c3ccc(F)cc3)c3ccc(F)cc3)CC2)c1Cl. The zero-order chi connectivity index (χ0) is 20.4. The molecule has 1 aromatic heterocycles. The number of hydrogen-bond acceptors (Lipinski definition) is 4. The third kappa shape index (κ3) is 4.16. The van der Waals surface area contributed by atoms with Crippen LogP contribution >= 0.6 is 11.6 Å². The van der Waals surface area contributed by atoms with Crippen LogP contribution in [-0.4, -0.2) is 41.3 Å². The van der Waals surface area contributed by atoms with Crippen molar-refractivity contribution in [3.05, 3.63) is 92.9 Å². The van der Waals surface area contributed by atoms with Gasteiger partial charge in [-0.25, -0.2) is 13.9 Å². The van der Waals surface area contributed by atoms with E-state index in [1.165, 1.54) is 24.3 Å². The van der Waals surface area contributed by atoms with Crippen molar-refractivity contribution >= 4 is 17.3 Å². The van der Waals surface area contributed by atoms with Crippen LogP contribution in [-0.2, 0) is 0 Å². The van der Waals surface area contributed by atoms with Crippen LogP contribution in [0, 0.1) is 11.6 Å². The van der Waals surface area contributed by atoms with Crippen molar-refractivity contribution in [3.8, 4) is 0 Å². The summed E-state index contributed by atoms with van der Waals surface area (Å²) in [6.45, 7) is 2.65. The van der Waals surface area contributed by atoms with Gasteiger partial charge in [0.1, 0.15) is 16.7 Å². The summed E-state index contributed by atoms with van der Waals surface area (Å²) >= 11 is 6.14. The van der Waals surface area contributed by atoms with Gasteiger partial charge in [0.25, 0.3) is 5.56 Å². The Labute approximate surface area is 171 Å². The average Bonchev–Trinajstić information content (AvgIpc) is 2.74. The Balaban J connectivity index is 1.59. The molecule has 0 unspecified atom stereocenters. The van der Waals surface area contributed by atoms with Gasteiger partial charge in [-0.15, -0.1) is 0 Å². The van der Waals surface area contributed by atoms with Crippen molar-refractivity contribution in [2.24, 2.45) is 0 Å². The normalized spacial score (nSPS) is 15.1. The molecule has 150 valence electrons. The number of benzene rings is 2. The highest BCUT2D eigenvalue weighted by atomic mass is 35.5. The van der Waals surface area contributed by atoms with E-state index in [1.807, 2.05) is 4.90 Å². The number of halogens is 3. The van der Waals surface area contributed by atoms with E-state index in [1.54, 1.807) is 30.5 Å². The molecule has 1 N–H and O–H groups in total. The molecule has 0 amide bonds. The monoisotopic (exact) mass is 416 g/mol. The van der Waals surface area contributed by atoms with E-state index in [9.17, 15) is 13.6 Å². The summed E-state index contributed by atoms with van der Waals surface area (Å²) in [5.41, 5.74) is 2.06. The lowest BCUT2D eigenvalue weighted by Gasteiger charge is -2.40. The Hall–Kier alpha value is -2.77. The molecule has 0 aliphatic carbocycles. The molecule has 0 bridgehead atoms. The second-order valence-electron chi connectivity index (χ2n) is 6.93. The van der Waals surface area contributed by atoms with Crippen molar-refractivity contribution < 1.29 is 8.78 Å². The van der Waals surface area contributed by atoms with Gasteiger partial charge in [-0.1, -0.05) is 35.9 Å². The molecular formula is C21H19ClF2N4O. The Morgan fingerprint density at radius 1 is 0.897 bits per heavy atom. The Kier molecular flexibility index (Phi) is 5.60. The first-order chi connectivity index (χ1) is 14.0. The molecule has 1 fully saturated rings. The fraction of sp³-hybridized carbons (Fsp3) is 0.238. The van der Waals surface area contributed by atoms with Crippen molar-refractivity contribution in [1.29, 1.82) is 0 Å². The summed E-state index contributed by atoms with van der Waals surface area (Å²) in [4.78, 5) is 16.0. The molecule has 3 aromatic rings. The summed E-state index contributed by atoms with van der Waals surface area (Å²) < 4.78 is 26.9. The fourth-order valence-electron chi connectivity index (χ4n) is 3.72. The summed E-state index contributed by atoms with van der Waals surface area (Å²) in [5, 5.41) is 6.29. The van der Waals surface area contributed by atoms with Gasteiger partial charge in [0.15, 0.2) is 0 Å². The van der Waals surface area contributed by atoms with Crippen molar-refractivity contribution in [1.82, 2.24) is 15.1 Å². The topological polar surface area (TPSA) is 52.2 Å². The van der Waals surface area contributed by atoms with Crippen molar-refractivity contribution in [2.75, 3.05) is 31.1 Å². The van der Waals surface area contributed by atoms with E-state index < -0.39 is 5.56 Å². The molecule has 29 heavy (non-hydrogen) atoms. The molecule has 0 radical (unpaired) electrons. The van der Waals surface area contributed by atoms with E-state index in [0.717, 1.165) is 11.1 Å². The number of aromatic amines is 1. The number of hydrogen-bond donors (Lipinski definition) is 1. The van der Waals surface area contributed by atoms with E-state index >= 15 is 0 Å². The zero-order valence-electron chi connectivity index (χ0n) is 15.5. The summed E-state index contributed by atoms with van der Waals surface area (Å²) in [5.74, 6) is -0.597. The predicted octanol–water partition coefficient (Wildman–Crippen LogP) is 3.61. The molecule has 1 aliphatic heterocycles. The van der Waals surface area contributed by atoms with E-state index in [0.29, 0.717) is 31.9 Å². The molecule has 8 heteroatoms. The smallest absolute Gasteiger partial charge is 0.285 e. The van der Waals surface area contributed by atoms with Gasteiger partial charge in [0, 0.05) is 26.2 Å². The van der Waals surface area contributed by atoms with Crippen molar-refractivity contribution in [2.45, 2.75) is 6.04 Å². The number of piperazine rings is 1. The first-order valence-electron chi connectivity index (χ1n) is 9.26. The molecule has 4 rings (SSSR count). The quantitative estimate of drug-likeness (QED) is 0.706. The van der Waals surface area contributed by atoms with Crippen LogP contribution in [0.2, 0.25) is 5.02 Å². The highest BCUT2D eigenvalue weighted by Gasteiger charge is 2.27. The standard InChI is InChI=1S/C21H19ClF2N4O/c22-19-18(13-25-26-21(19)29)27-9-11-28(12-10-27)20(14-1-5-16(23)6-2-14)15-3-7-17(24)8-4-15/h1-8,13,20H,9-12H2,(H,26,29). The third-order valence-corrected chi connectivity index (χ3v) is 5.53. The third-order valence-electron chi connectivity index (χ3n) is 5.17. The number of nitrogens with one attached hydrogen (secondary N) is 1. The number of H-pyrrole nitrogens is 1. The predicted molar refractivity (Wildman–Crippen MR) is 108 cm³/mol. The maximum Gasteiger partial charge on any atom is 0.285 e. The van der Waals surface area contributed by atoms with E-state index in [-0.39, 0.29) is 22.7 Å². The van der Waals surface area contributed by atoms with Gasteiger partial charge in [-0.3, -0.25) is 9.69 Å². The molecule has 1 aliphatic rings. The summed E-state index contributed by atoms with van der Waals surface area (Å²) in [6.07, 6.45) is 1.55. The lowest BCUT2D eigenvalue weighted by atomic mass is 9.96. The van der Waals surface area contributed by atoms with Gasteiger partial charge >= 0.3 is 0 Å². The maximum atomic E-state index is 13.4. The number of nitrogens with zero attached hydrogens (tertiary/aromatic N) is 3. The second kappa shape index (κ2) is 8.31. The summed E-state index contributed by atoms with van der Waals surface area (Å²) in [7, 11) is 0. The van der Waals surface area contributed by atoms with Crippen LogP contribution in [0.15, 0.2) is 59.5 Å². The van der Waals surface area contributed by atoms with E-state index in [4.69, 9.17) is 11.6 Å². The fourth-order valence-corrected chi connectivity index (χ4v) is 3.93. The van der Waals surface area contributed by atoms with Gasteiger partial charge in [-0.05, 0) is 35.4 Å². The van der Waals surface area contributed by atoms with Gasteiger partial charge in [0.2, 0.25) is 0 Å². The Bertz CT molecular complexity index is 986. The minimum atomic E-state index is -0.415. The molecule has 1 saturated heterocycles. The molecular weight excluding hydrogens is 398 g/mol. The first kappa shape index (κ1) is 19.5. The molecule has 0 spiro atoms. The summed E-state index contributed by atoms with van der Waals surface area (Å²) in [6, 6.07) is 12.6. The second-order valence-corrected chi connectivity index (χ2v) is 7.30. The zero-order valence-corrected chi connectivity index (χ0v) is 16.2. The number of aromatic nitrogens is 2. The van der Waals surface area contributed by atoms with Crippen molar-refractivity contribution in [3.63, 3.8) is 0 Å². The van der Waals surface area contributed by atoms with E-state index in [2.05, 4.69) is 15.1 Å². The minimum Gasteiger partial charge on any atom is -0.366 e. The van der Waals surface area contributed by atoms with Crippen LogP contribution in [0.1, 0.15) is 17.2 Å². The van der Waals surface area contributed by atoms with Gasteiger partial charge < -0.3 is 4.90 Å². The number of anilines is 1. The van der Waals surface area contributed by atoms with Crippen LogP contribution < -0.4 is 10.5 Å². The van der Waals surface area contributed by atoms with Gasteiger partial charge in [0.05, 0.1) is 17.9 Å². The molecule has 5 nitrogen and oxygen atoms in total. The highest BCUT2D eigenvalue weighted by molar-refractivity contribution is 6.33. The van der Waals surface area contributed by atoms with Crippen LogP contribution in [0.5, 0.6) is 0 Å². The lowest BCUT2D eigenvalue weighted by Crippen LogP contribution is -2.48. The molecule has 0 saturated carbocycles. The van der Waals surface area contributed by atoms with Crippen LogP contribution in [0.3, 0.4) is 0 Å². The largest absolute Gasteiger partial charge is 0.366 e. The minimum absolute atomic E-state index is 0.127. The average molecular weight is 417 g/mol. The molecule has 2 heterocycles.